The first-order chi connectivity index (χ1) is 17.5. The summed E-state index contributed by atoms with van der Waals surface area (Å²) >= 11 is 0. The lowest BCUT2D eigenvalue weighted by atomic mass is 9.55. The Bertz CT molecular complexity index is 1100. The quantitative estimate of drug-likeness (QED) is 0.339. The number of hydrogen-bond acceptors (Lipinski definition) is 5. The van der Waals surface area contributed by atoms with E-state index in [2.05, 4.69) is 33.1 Å². The highest BCUT2D eigenvalue weighted by Gasteiger charge is 2.65. The first kappa shape index (κ1) is 25.1. The van der Waals surface area contributed by atoms with Crippen LogP contribution in [0.4, 0.5) is 0 Å². The van der Waals surface area contributed by atoms with Crippen LogP contribution in [0.25, 0.3) is 0 Å². The molecule has 4 aliphatic carbocycles. The van der Waals surface area contributed by atoms with Crippen molar-refractivity contribution in [3.8, 4) is 0 Å². The van der Waals surface area contributed by atoms with Gasteiger partial charge in [0.1, 0.15) is 18.0 Å². The summed E-state index contributed by atoms with van der Waals surface area (Å²) in [5, 5.41) is 0. The number of Topliss-reactive ketones (excluding diaryl/α,β-unsaturated/α-hetero) is 1. The maximum absolute atomic E-state index is 13.9. The minimum absolute atomic E-state index is 0.0188. The molecule has 2 unspecified atom stereocenters. The molecule has 5 heteroatoms. The van der Waals surface area contributed by atoms with Gasteiger partial charge in [-0.05, 0) is 83.0 Å². The molecule has 2 heterocycles. The molecule has 6 rings (SSSR count). The number of rotatable bonds is 4. The van der Waals surface area contributed by atoms with Crippen LogP contribution in [0, 0.1) is 46.3 Å². The summed E-state index contributed by atoms with van der Waals surface area (Å²) in [5.41, 5.74) is 2.92. The molecule has 2 saturated heterocycles. The van der Waals surface area contributed by atoms with Gasteiger partial charge in [0, 0.05) is 30.1 Å². The van der Waals surface area contributed by atoms with Crippen molar-refractivity contribution in [1.82, 2.24) is 0 Å². The molecule has 10 atom stereocenters. The Morgan fingerprint density at radius 1 is 1.05 bits per heavy atom. The van der Waals surface area contributed by atoms with E-state index in [0.29, 0.717) is 18.3 Å². The lowest BCUT2D eigenvalue weighted by Crippen LogP contribution is -2.47. The summed E-state index contributed by atoms with van der Waals surface area (Å²) in [6.07, 6.45) is 10.0. The number of fused-ring (bicyclic) bond motifs is 6. The van der Waals surface area contributed by atoms with Gasteiger partial charge in [0.05, 0.1) is 11.3 Å². The predicted molar refractivity (Wildman–Crippen MR) is 140 cm³/mol. The highest BCUT2D eigenvalue weighted by Crippen LogP contribution is 2.62. The van der Waals surface area contributed by atoms with Gasteiger partial charge >= 0.3 is 11.9 Å². The number of esters is 2. The largest absolute Gasteiger partial charge is 0.461 e. The van der Waals surface area contributed by atoms with Crippen molar-refractivity contribution >= 4 is 17.7 Å². The Morgan fingerprint density at radius 2 is 1.81 bits per heavy atom. The molecule has 0 aromatic rings. The lowest BCUT2D eigenvalue weighted by molar-refractivity contribution is -0.154. The van der Waals surface area contributed by atoms with E-state index in [0.717, 1.165) is 56.9 Å². The Labute approximate surface area is 221 Å². The number of carbonyl (C=O) groups excluding carboxylic acids is 3. The minimum Gasteiger partial charge on any atom is -0.461 e. The number of hydrogen-bond donors (Lipinski definition) is 0. The third-order valence-electron chi connectivity index (χ3n) is 11.5. The van der Waals surface area contributed by atoms with Crippen LogP contribution < -0.4 is 0 Å². The molecular weight excluding hydrogens is 464 g/mol. The van der Waals surface area contributed by atoms with Gasteiger partial charge in [-0.2, -0.15) is 0 Å². The summed E-state index contributed by atoms with van der Waals surface area (Å²) in [6, 6.07) is 0. The average molecular weight is 507 g/mol. The van der Waals surface area contributed by atoms with Crippen LogP contribution in [0.15, 0.2) is 36.0 Å². The van der Waals surface area contributed by atoms with Crippen LogP contribution in [0.3, 0.4) is 0 Å². The molecule has 5 fully saturated rings. The fraction of sp³-hybridized carbons (Fsp3) is 0.719. The summed E-state index contributed by atoms with van der Waals surface area (Å²) in [5.74, 6) is -0.149. The molecule has 2 aliphatic heterocycles. The minimum atomic E-state index is -0.976. The van der Waals surface area contributed by atoms with E-state index in [9.17, 15) is 14.4 Å². The van der Waals surface area contributed by atoms with Gasteiger partial charge in [-0.3, -0.25) is 14.4 Å². The monoisotopic (exact) mass is 506 g/mol. The van der Waals surface area contributed by atoms with E-state index < -0.39 is 5.41 Å². The average Bonchev–Trinajstić information content (AvgIpc) is 3.41. The predicted octanol–water partition coefficient (Wildman–Crippen LogP) is 6.13. The van der Waals surface area contributed by atoms with Gasteiger partial charge in [-0.1, -0.05) is 42.9 Å². The Hall–Kier alpha value is -2.17. The van der Waals surface area contributed by atoms with Gasteiger partial charge < -0.3 is 9.47 Å². The van der Waals surface area contributed by atoms with E-state index in [1.54, 1.807) is 6.92 Å². The Morgan fingerprint density at radius 3 is 2.57 bits per heavy atom. The van der Waals surface area contributed by atoms with Crippen molar-refractivity contribution in [2.24, 2.45) is 46.3 Å². The molecule has 0 bridgehead atoms. The van der Waals surface area contributed by atoms with E-state index in [1.807, 2.05) is 0 Å². The topological polar surface area (TPSA) is 69.7 Å². The van der Waals surface area contributed by atoms with Crippen molar-refractivity contribution in [2.75, 3.05) is 0 Å². The SMILES string of the molecule is C=C1CC[C@H]2C(=C)CC[C@@H]3[C@H](OC(=O)C3(CC(C)=O)C[C@H]3C(=O)O[C@H]4C3CC[C@@]3(C)CC=C(C)C[C@H]43)[C@@H]12. The van der Waals surface area contributed by atoms with Gasteiger partial charge in [-0.25, -0.2) is 0 Å². The summed E-state index contributed by atoms with van der Waals surface area (Å²) in [4.78, 5) is 40.1. The van der Waals surface area contributed by atoms with Crippen LogP contribution in [-0.4, -0.2) is 29.9 Å². The Balaban J connectivity index is 1.34. The number of carbonyl (C=O) groups is 3. The maximum Gasteiger partial charge on any atom is 0.313 e. The van der Waals surface area contributed by atoms with Crippen LogP contribution in [0.5, 0.6) is 0 Å². The zero-order chi connectivity index (χ0) is 26.3. The smallest absolute Gasteiger partial charge is 0.313 e. The summed E-state index contributed by atoms with van der Waals surface area (Å²) < 4.78 is 12.4. The second-order valence-corrected chi connectivity index (χ2v) is 13.7. The van der Waals surface area contributed by atoms with Crippen molar-refractivity contribution in [1.29, 1.82) is 0 Å². The lowest BCUT2D eigenvalue weighted by Gasteiger charge is -2.49. The van der Waals surface area contributed by atoms with Gasteiger partial charge in [-0.15, -0.1) is 0 Å². The van der Waals surface area contributed by atoms with Gasteiger partial charge in [0.2, 0.25) is 0 Å². The van der Waals surface area contributed by atoms with Gasteiger partial charge in [0.25, 0.3) is 0 Å². The standard InChI is InChI=1S/C32H42O5/c1-17-10-12-31(5)13-11-22-23(29(34)36-27(22)25(31)14-17)16-32(15-20(4)33)24-9-7-18(2)21-8-6-19(3)26(21)28(24)37-30(32)35/h10,21-28H,2-3,6-9,11-16H2,1,4-5H3/t21-,22?,23+,24+,25+,26-,27-,28-,31+,32?/m0/s1. The molecule has 3 saturated carbocycles. The number of allylic oxidation sites excluding steroid dienone is 3. The summed E-state index contributed by atoms with van der Waals surface area (Å²) in [6.45, 7) is 14.8. The van der Waals surface area contributed by atoms with E-state index in [-0.39, 0.29) is 65.4 Å². The van der Waals surface area contributed by atoms with Crippen LogP contribution in [0.2, 0.25) is 0 Å². The molecule has 0 amide bonds. The van der Waals surface area contributed by atoms with Crippen LogP contribution in [-0.2, 0) is 23.9 Å². The second kappa shape index (κ2) is 8.68. The molecule has 6 aliphatic rings. The molecule has 0 spiro atoms. The fourth-order valence-corrected chi connectivity index (χ4v) is 9.54. The highest BCUT2D eigenvalue weighted by molar-refractivity contribution is 5.88. The van der Waals surface area contributed by atoms with Crippen molar-refractivity contribution in [2.45, 2.75) is 97.2 Å². The van der Waals surface area contributed by atoms with E-state index in [4.69, 9.17) is 9.47 Å². The fourth-order valence-electron chi connectivity index (χ4n) is 9.54. The second-order valence-electron chi connectivity index (χ2n) is 13.7. The normalized spacial score (nSPS) is 46.7. The molecule has 200 valence electrons. The molecular formula is C32H42O5. The third kappa shape index (κ3) is 3.73. The molecule has 0 aromatic heterocycles. The zero-order valence-electron chi connectivity index (χ0n) is 22.7. The molecule has 0 aromatic carbocycles. The van der Waals surface area contributed by atoms with E-state index >= 15 is 0 Å². The molecule has 5 nitrogen and oxygen atoms in total. The number of ketones is 1. The Kier molecular flexibility index (Phi) is 5.89. The molecule has 0 radical (unpaired) electrons. The zero-order valence-corrected chi connectivity index (χ0v) is 22.7. The number of ether oxygens (including phenoxy) is 2. The first-order valence-electron chi connectivity index (χ1n) is 14.5. The first-order valence-corrected chi connectivity index (χ1v) is 14.5. The highest BCUT2D eigenvalue weighted by atomic mass is 16.6. The van der Waals surface area contributed by atoms with Crippen LogP contribution in [0.1, 0.15) is 85.0 Å². The van der Waals surface area contributed by atoms with E-state index in [1.165, 1.54) is 11.1 Å². The van der Waals surface area contributed by atoms with Crippen molar-refractivity contribution in [3.05, 3.63) is 36.0 Å². The van der Waals surface area contributed by atoms with Gasteiger partial charge in [0.15, 0.2) is 0 Å². The maximum atomic E-state index is 13.9. The van der Waals surface area contributed by atoms with Crippen molar-refractivity contribution < 1.29 is 23.9 Å². The molecule has 0 N–H and O–H groups in total. The van der Waals surface area contributed by atoms with Crippen molar-refractivity contribution in [3.63, 3.8) is 0 Å². The third-order valence-corrected chi connectivity index (χ3v) is 11.5. The summed E-state index contributed by atoms with van der Waals surface area (Å²) in [7, 11) is 0. The van der Waals surface area contributed by atoms with Crippen LogP contribution >= 0.6 is 0 Å². The molecule has 37 heavy (non-hydrogen) atoms.